The summed E-state index contributed by atoms with van der Waals surface area (Å²) in [6.45, 7) is 4.62. The van der Waals surface area contributed by atoms with Gasteiger partial charge in [0.05, 0.1) is 16.9 Å². The largest absolute Gasteiger partial charge is 0.362 e. The Balaban J connectivity index is 2.95. The molecule has 1 heterocycles. The maximum atomic E-state index is 5.94. The Morgan fingerprint density at radius 1 is 1.67 bits per heavy atom. The van der Waals surface area contributed by atoms with E-state index in [1.54, 1.807) is 18.0 Å². The third-order valence-electron chi connectivity index (χ3n) is 1.63. The molecule has 1 rings (SSSR count). The molecule has 1 aromatic heterocycles. The fourth-order valence-corrected chi connectivity index (χ4v) is 1.53. The Hall–Kier alpha value is -0.540. The van der Waals surface area contributed by atoms with Crippen LogP contribution in [0.4, 0.5) is 0 Å². The van der Waals surface area contributed by atoms with Gasteiger partial charge in [-0.15, -0.1) is 0 Å². The lowest BCUT2D eigenvalue weighted by Gasteiger charge is -2.09. The van der Waals surface area contributed by atoms with Gasteiger partial charge in [0.15, 0.2) is 0 Å². The summed E-state index contributed by atoms with van der Waals surface area (Å²) in [6, 6.07) is 0. The molecule has 0 atom stereocenters. The van der Waals surface area contributed by atoms with E-state index in [9.17, 15) is 0 Å². The normalized spacial score (nSPS) is 11.1. The fraction of sp³-hybridized carbons (Fsp3) is 0.625. The molecule has 0 fully saturated rings. The molecule has 4 heteroatoms. The predicted octanol–water partition coefficient (Wildman–Crippen LogP) is 2.26. The summed E-state index contributed by atoms with van der Waals surface area (Å²) in [5.41, 5.74) is 1.03. The molecule has 0 bridgehead atoms. The van der Waals surface area contributed by atoms with Gasteiger partial charge in [-0.05, 0) is 5.92 Å². The summed E-state index contributed by atoms with van der Waals surface area (Å²) in [7, 11) is 1.64. The minimum Gasteiger partial charge on any atom is -0.362 e. The molecule has 0 aliphatic rings. The van der Waals surface area contributed by atoms with Crippen LogP contribution < -0.4 is 0 Å². The summed E-state index contributed by atoms with van der Waals surface area (Å²) in [6.07, 6.45) is 1.65. The second kappa shape index (κ2) is 3.92. The van der Waals surface area contributed by atoms with Crippen LogP contribution in [0.3, 0.4) is 0 Å². The third kappa shape index (κ3) is 1.79. The molecule has 0 aliphatic carbocycles. The lowest BCUT2D eigenvalue weighted by Crippen LogP contribution is -2.07. The third-order valence-corrected chi connectivity index (χ3v) is 1.92. The van der Waals surface area contributed by atoms with E-state index in [4.69, 9.17) is 16.3 Å². The molecule has 0 saturated carbocycles. The summed E-state index contributed by atoms with van der Waals surface area (Å²) >= 11 is 5.94. The zero-order valence-corrected chi connectivity index (χ0v) is 8.30. The van der Waals surface area contributed by atoms with Crippen LogP contribution >= 0.6 is 11.6 Å². The quantitative estimate of drug-likeness (QED) is 0.728. The molecule has 0 aromatic carbocycles. The monoisotopic (exact) mass is 188 g/mol. The molecule has 0 N–H and O–H groups in total. The molecule has 3 nitrogen and oxygen atoms in total. The van der Waals surface area contributed by atoms with Gasteiger partial charge in [0.1, 0.15) is 6.73 Å². The van der Waals surface area contributed by atoms with Gasteiger partial charge in [0.2, 0.25) is 0 Å². The van der Waals surface area contributed by atoms with Crippen molar-refractivity contribution in [3.63, 3.8) is 0 Å². The summed E-state index contributed by atoms with van der Waals surface area (Å²) < 4.78 is 6.74. The van der Waals surface area contributed by atoms with Gasteiger partial charge in [-0.3, -0.25) is 0 Å². The minimum atomic E-state index is 0.371. The fourth-order valence-electron chi connectivity index (χ4n) is 1.17. The van der Waals surface area contributed by atoms with Crippen LogP contribution in [0.2, 0.25) is 5.02 Å². The van der Waals surface area contributed by atoms with Crippen molar-refractivity contribution in [1.82, 2.24) is 9.78 Å². The number of nitrogens with zero attached hydrogens (tertiary/aromatic N) is 2. The van der Waals surface area contributed by atoms with Crippen molar-refractivity contribution in [2.24, 2.45) is 0 Å². The summed E-state index contributed by atoms with van der Waals surface area (Å²) in [5.74, 6) is 0.371. The van der Waals surface area contributed by atoms with Gasteiger partial charge in [-0.2, -0.15) is 5.10 Å². The first-order valence-electron chi connectivity index (χ1n) is 3.87. The number of ether oxygens (including phenoxy) is 1. The Morgan fingerprint density at radius 3 is 2.83 bits per heavy atom. The number of halogens is 1. The molecule has 12 heavy (non-hydrogen) atoms. The van der Waals surface area contributed by atoms with Crippen LogP contribution in [0.1, 0.15) is 25.5 Å². The zero-order chi connectivity index (χ0) is 9.14. The van der Waals surface area contributed by atoms with Crippen molar-refractivity contribution in [1.29, 1.82) is 0 Å². The van der Waals surface area contributed by atoms with Crippen LogP contribution in [0.15, 0.2) is 6.20 Å². The minimum absolute atomic E-state index is 0.371. The molecule has 0 radical (unpaired) electrons. The molecule has 1 aromatic rings. The van der Waals surface area contributed by atoms with Gasteiger partial charge in [-0.25, -0.2) is 4.68 Å². The highest BCUT2D eigenvalue weighted by molar-refractivity contribution is 6.31. The zero-order valence-electron chi connectivity index (χ0n) is 7.54. The Labute approximate surface area is 77.3 Å². The summed E-state index contributed by atoms with van der Waals surface area (Å²) in [5, 5.41) is 4.80. The van der Waals surface area contributed by atoms with E-state index in [1.165, 1.54) is 0 Å². The lowest BCUT2D eigenvalue weighted by atomic mass is 10.1. The average molecular weight is 189 g/mol. The van der Waals surface area contributed by atoms with E-state index in [1.807, 2.05) is 0 Å². The van der Waals surface area contributed by atoms with Crippen molar-refractivity contribution in [3.05, 3.63) is 16.9 Å². The average Bonchev–Trinajstić information content (AvgIpc) is 2.32. The summed E-state index contributed by atoms with van der Waals surface area (Å²) in [4.78, 5) is 0. The molecular weight excluding hydrogens is 176 g/mol. The molecule has 0 spiro atoms. The first kappa shape index (κ1) is 9.55. The van der Waals surface area contributed by atoms with Gasteiger partial charge in [0, 0.05) is 7.11 Å². The molecule has 0 amide bonds. The van der Waals surface area contributed by atoms with E-state index in [0.717, 1.165) is 5.69 Å². The van der Waals surface area contributed by atoms with Crippen molar-refractivity contribution in [3.8, 4) is 0 Å². The Morgan fingerprint density at radius 2 is 2.33 bits per heavy atom. The number of hydrogen-bond donors (Lipinski definition) is 0. The molecule has 0 saturated heterocycles. The van der Waals surface area contributed by atoms with E-state index >= 15 is 0 Å². The van der Waals surface area contributed by atoms with Gasteiger partial charge >= 0.3 is 0 Å². The second-order valence-electron chi connectivity index (χ2n) is 2.95. The molecule has 0 unspecified atom stereocenters. The highest BCUT2D eigenvalue weighted by Gasteiger charge is 2.11. The lowest BCUT2D eigenvalue weighted by molar-refractivity contribution is 0.117. The number of rotatable bonds is 3. The van der Waals surface area contributed by atoms with Gasteiger partial charge in [-0.1, -0.05) is 25.4 Å². The first-order chi connectivity index (χ1) is 5.66. The second-order valence-corrected chi connectivity index (χ2v) is 3.36. The number of aromatic nitrogens is 2. The Bertz CT molecular complexity index is 258. The van der Waals surface area contributed by atoms with E-state index < -0.39 is 0 Å². The van der Waals surface area contributed by atoms with Crippen molar-refractivity contribution in [2.45, 2.75) is 26.5 Å². The van der Waals surface area contributed by atoms with Crippen LogP contribution in [-0.2, 0) is 11.5 Å². The van der Waals surface area contributed by atoms with Crippen LogP contribution in [-0.4, -0.2) is 16.9 Å². The first-order valence-corrected chi connectivity index (χ1v) is 4.24. The topological polar surface area (TPSA) is 27.1 Å². The SMILES string of the molecule is COCn1ncc(Cl)c1C(C)C. The number of hydrogen-bond acceptors (Lipinski definition) is 2. The Kier molecular flexibility index (Phi) is 3.12. The van der Waals surface area contributed by atoms with Crippen molar-refractivity contribution < 1.29 is 4.74 Å². The van der Waals surface area contributed by atoms with Gasteiger partial charge < -0.3 is 4.74 Å². The molecule has 0 aliphatic heterocycles. The van der Waals surface area contributed by atoms with Crippen LogP contribution in [0.5, 0.6) is 0 Å². The van der Waals surface area contributed by atoms with Crippen molar-refractivity contribution in [2.75, 3.05) is 7.11 Å². The molecular formula is C8H13ClN2O. The predicted molar refractivity (Wildman–Crippen MR) is 48.3 cm³/mol. The van der Waals surface area contributed by atoms with Crippen LogP contribution in [0, 0.1) is 0 Å². The van der Waals surface area contributed by atoms with E-state index in [0.29, 0.717) is 17.7 Å². The van der Waals surface area contributed by atoms with E-state index in [2.05, 4.69) is 18.9 Å². The van der Waals surface area contributed by atoms with Crippen molar-refractivity contribution >= 4 is 11.6 Å². The smallest absolute Gasteiger partial charge is 0.139 e. The standard InChI is InChI=1S/C8H13ClN2O/c1-6(2)8-7(9)4-10-11(8)5-12-3/h4,6H,5H2,1-3H3. The van der Waals surface area contributed by atoms with E-state index in [-0.39, 0.29) is 0 Å². The maximum absolute atomic E-state index is 5.94. The molecule has 68 valence electrons. The van der Waals surface area contributed by atoms with Crippen LogP contribution in [0.25, 0.3) is 0 Å². The highest BCUT2D eigenvalue weighted by atomic mass is 35.5. The number of methoxy groups -OCH3 is 1. The van der Waals surface area contributed by atoms with Gasteiger partial charge in [0.25, 0.3) is 0 Å². The highest BCUT2D eigenvalue weighted by Crippen LogP contribution is 2.23. The maximum Gasteiger partial charge on any atom is 0.139 e.